The molecule has 0 aliphatic rings. The van der Waals surface area contributed by atoms with Gasteiger partial charge in [-0.25, -0.2) is 9.18 Å². The van der Waals surface area contributed by atoms with Crippen LogP contribution in [0, 0.1) is 5.82 Å². The molecule has 2 aromatic carbocycles. The first kappa shape index (κ1) is 14.1. The van der Waals surface area contributed by atoms with Crippen LogP contribution >= 0.6 is 0 Å². The molecule has 0 aromatic heterocycles. The fraction of sp³-hybridized carbons (Fsp3) is 0.188. The zero-order chi connectivity index (χ0) is 14.4. The van der Waals surface area contributed by atoms with Gasteiger partial charge >= 0.3 is 5.97 Å². The van der Waals surface area contributed by atoms with Crippen molar-refractivity contribution >= 4 is 5.97 Å². The van der Waals surface area contributed by atoms with Gasteiger partial charge in [-0.15, -0.1) is 0 Å². The van der Waals surface area contributed by atoms with Crippen LogP contribution in [0.15, 0.2) is 48.5 Å². The van der Waals surface area contributed by atoms with Crippen LogP contribution in [0.25, 0.3) is 0 Å². The molecule has 0 unspecified atom stereocenters. The lowest BCUT2D eigenvalue weighted by Crippen LogP contribution is -2.03. The van der Waals surface area contributed by atoms with Crippen LogP contribution in [0.4, 0.5) is 4.39 Å². The van der Waals surface area contributed by atoms with Crippen molar-refractivity contribution in [2.75, 3.05) is 6.61 Å². The lowest BCUT2D eigenvalue weighted by molar-refractivity contribution is 0.0696. The van der Waals surface area contributed by atoms with Gasteiger partial charge in [-0.1, -0.05) is 30.3 Å². The Kier molecular flexibility index (Phi) is 4.71. The van der Waals surface area contributed by atoms with Crippen molar-refractivity contribution in [3.63, 3.8) is 0 Å². The molecule has 0 saturated heterocycles. The molecule has 1 N–H and O–H groups in total. The monoisotopic (exact) mass is 274 g/mol. The van der Waals surface area contributed by atoms with E-state index in [9.17, 15) is 9.18 Å². The average molecular weight is 274 g/mol. The number of carbonyl (C=O) groups is 1. The maximum atomic E-state index is 13.6. The summed E-state index contributed by atoms with van der Waals surface area (Å²) in [5.41, 5.74) is 1.12. The van der Waals surface area contributed by atoms with Gasteiger partial charge in [0.15, 0.2) is 11.6 Å². The average Bonchev–Trinajstić information content (AvgIpc) is 2.46. The molecule has 104 valence electrons. The van der Waals surface area contributed by atoms with Gasteiger partial charge in [-0.2, -0.15) is 0 Å². The van der Waals surface area contributed by atoms with E-state index in [1.54, 1.807) is 0 Å². The molecule has 0 aliphatic carbocycles. The molecule has 4 heteroatoms. The van der Waals surface area contributed by atoms with Gasteiger partial charge < -0.3 is 9.84 Å². The second-order valence-electron chi connectivity index (χ2n) is 4.39. The van der Waals surface area contributed by atoms with Crippen molar-refractivity contribution in [2.24, 2.45) is 0 Å². The number of rotatable bonds is 6. The van der Waals surface area contributed by atoms with Crippen LogP contribution in [0.2, 0.25) is 0 Å². The van der Waals surface area contributed by atoms with E-state index in [1.165, 1.54) is 17.7 Å². The van der Waals surface area contributed by atoms with E-state index in [0.29, 0.717) is 6.61 Å². The van der Waals surface area contributed by atoms with E-state index in [2.05, 4.69) is 0 Å². The molecule has 2 aromatic rings. The third kappa shape index (κ3) is 3.82. The van der Waals surface area contributed by atoms with Crippen molar-refractivity contribution < 1.29 is 19.0 Å². The second-order valence-corrected chi connectivity index (χ2v) is 4.39. The van der Waals surface area contributed by atoms with Gasteiger partial charge in [0.2, 0.25) is 0 Å². The van der Waals surface area contributed by atoms with Crippen LogP contribution in [-0.4, -0.2) is 17.7 Å². The summed E-state index contributed by atoms with van der Waals surface area (Å²) in [6.07, 6.45) is 1.62. The molecule has 0 heterocycles. The number of hydrogen-bond donors (Lipinski definition) is 1. The molecular formula is C16H15FO3. The molecule has 0 saturated carbocycles. The highest BCUT2D eigenvalue weighted by Gasteiger charge is 2.08. The van der Waals surface area contributed by atoms with Crippen molar-refractivity contribution in [1.82, 2.24) is 0 Å². The SMILES string of the molecule is O=C(O)c1ccc(OCCCc2ccccc2)c(F)c1. The van der Waals surface area contributed by atoms with Crippen LogP contribution in [0.1, 0.15) is 22.3 Å². The Morgan fingerprint density at radius 1 is 1.15 bits per heavy atom. The Hall–Kier alpha value is -2.36. The first-order valence-electron chi connectivity index (χ1n) is 6.36. The zero-order valence-electron chi connectivity index (χ0n) is 10.9. The molecule has 0 amide bonds. The van der Waals surface area contributed by atoms with Gasteiger partial charge in [0, 0.05) is 0 Å². The fourth-order valence-corrected chi connectivity index (χ4v) is 1.85. The van der Waals surface area contributed by atoms with E-state index < -0.39 is 11.8 Å². The molecule has 0 aliphatic heterocycles. The topological polar surface area (TPSA) is 46.5 Å². The first-order valence-corrected chi connectivity index (χ1v) is 6.36. The van der Waals surface area contributed by atoms with Gasteiger partial charge in [-0.05, 0) is 36.6 Å². The molecule has 3 nitrogen and oxygen atoms in total. The molecule has 0 atom stereocenters. The number of hydrogen-bond acceptors (Lipinski definition) is 2. The van der Waals surface area contributed by atoms with Gasteiger partial charge in [-0.3, -0.25) is 0 Å². The van der Waals surface area contributed by atoms with Crippen LogP contribution in [-0.2, 0) is 6.42 Å². The zero-order valence-corrected chi connectivity index (χ0v) is 10.9. The number of carboxylic acid groups (broad SMARTS) is 1. The number of halogens is 1. The number of carboxylic acids is 1. The third-order valence-corrected chi connectivity index (χ3v) is 2.89. The van der Waals surface area contributed by atoms with Crippen LogP contribution in [0.5, 0.6) is 5.75 Å². The highest BCUT2D eigenvalue weighted by Crippen LogP contribution is 2.18. The predicted octanol–water partition coefficient (Wildman–Crippen LogP) is 3.54. The predicted molar refractivity (Wildman–Crippen MR) is 73.6 cm³/mol. The Bertz CT molecular complexity index is 582. The van der Waals surface area contributed by atoms with Gasteiger partial charge in [0.1, 0.15) is 0 Å². The summed E-state index contributed by atoms with van der Waals surface area (Å²) >= 11 is 0. The van der Waals surface area contributed by atoms with E-state index in [1.807, 2.05) is 30.3 Å². The normalized spacial score (nSPS) is 10.2. The van der Waals surface area contributed by atoms with E-state index >= 15 is 0 Å². The maximum absolute atomic E-state index is 13.6. The second kappa shape index (κ2) is 6.70. The summed E-state index contributed by atoms with van der Waals surface area (Å²) in [7, 11) is 0. The highest BCUT2D eigenvalue weighted by atomic mass is 19.1. The minimum atomic E-state index is -1.15. The highest BCUT2D eigenvalue weighted by molar-refractivity contribution is 5.87. The van der Waals surface area contributed by atoms with Crippen LogP contribution in [0.3, 0.4) is 0 Å². The maximum Gasteiger partial charge on any atom is 0.335 e. The lowest BCUT2D eigenvalue weighted by atomic mass is 10.1. The quantitative estimate of drug-likeness (QED) is 0.820. The molecule has 0 radical (unpaired) electrons. The minimum Gasteiger partial charge on any atom is -0.491 e. The lowest BCUT2D eigenvalue weighted by Gasteiger charge is -2.07. The summed E-state index contributed by atoms with van der Waals surface area (Å²) in [5, 5.41) is 8.73. The number of ether oxygens (including phenoxy) is 1. The number of aryl methyl sites for hydroxylation is 1. The number of benzene rings is 2. The van der Waals surface area contributed by atoms with Crippen molar-refractivity contribution in [3.8, 4) is 5.75 Å². The number of aromatic carboxylic acids is 1. The molecule has 0 spiro atoms. The van der Waals surface area contributed by atoms with Gasteiger partial charge in [0.25, 0.3) is 0 Å². The summed E-state index contributed by atoms with van der Waals surface area (Å²) in [5.74, 6) is -1.72. The third-order valence-electron chi connectivity index (χ3n) is 2.89. The van der Waals surface area contributed by atoms with E-state index in [4.69, 9.17) is 9.84 Å². The van der Waals surface area contributed by atoms with Crippen molar-refractivity contribution in [3.05, 3.63) is 65.5 Å². The Balaban J connectivity index is 1.84. The molecule has 0 fully saturated rings. The fourth-order valence-electron chi connectivity index (χ4n) is 1.85. The Labute approximate surface area is 116 Å². The molecule has 20 heavy (non-hydrogen) atoms. The molecule has 0 bridgehead atoms. The largest absolute Gasteiger partial charge is 0.491 e. The van der Waals surface area contributed by atoms with Crippen molar-refractivity contribution in [1.29, 1.82) is 0 Å². The Morgan fingerprint density at radius 3 is 2.55 bits per heavy atom. The smallest absolute Gasteiger partial charge is 0.335 e. The molecule has 2 rings (SSSR count). The standard InChI is InChI=1S/C16H15FO3/c17-14-11-13(16(18)19)8-9-15(14)20-10-4-7-12-5-2-1-3-6-12/h1-3,5-6,8-9,11H,4,7,10H2,(H,18,19). The summed E-state index contributed by atoms with van der Waals surface area (Å²) in [6.45, 7) is 0.387. The van der Waals surface area contributed by atoms with Gasteiger partial charge in [0.05, 0.1) is 12.2 Å². The molecular weight excluding hydrogens is 259 g/mol. The minimum absolute atomic E-state index is 0.0841. The van der Waals surface area contributed by atoms with E-state index in [-0.39, 0.29) is 11.3 Å². The summed E-state index contributed by atoms with van der Waals surface area (Å²) in [6, 6.07) is 13.6. The summed E-state index contributed by atoms with van der Waals surface area (Å²) in [4.78, 5) is 10.7. The Morgan fingerprint density at radius 2 is 1.90 bits per heavy atom. The first-order chi connectivity index (χ1) is 9.66. The van der Waals surface area contributed by atoms with Crippen molar-refractivity contribution in [2.45, 2.75) is 12.8 Å². The van der Waals surface area contributed by atoms with Crippen LogP contribution < -0.4 is 4.74 Å². The van der Waals surface area contributed by atoms with E-state index in [0.717, 1.165) is 18.9 Å². The summed E-state index contributed by atoms with van der Waals surface area (Å²) < 4.78 is 18.9.